The molecule has 2 amide bonds. The molecule has 2 aromatic carbocycles. The van der Waals surface area contributed by atoms with Crippen LogP contribution in [-0.4, -0.2) is 114 Å². The quantitative estimate of drug-likeness (QED) is 0.180. The number of hydrogen-bond acceptors (Lipinski definition) is 10. The molecule has 0 bridgehead atoms. The highest BCUT2D eigenvalue weighted by molar-refractivity contribution is 6.14. The second-order valence-electron chi connectivity index (χ2n) is 11.6. The number of carbonyl (C=O) groups is 2. The molecule has 1 aromatic heterocycles. The molecular formula is C33H43N5O8. The van der Waals surface area contributed by atoms with Crippen molar-refractivity contribution in [3.05, 3.63) is 47.5 Å². The van der Waals surface area contributed by atoms with Crippen molar-refractivity contribution in [2.75, 3.05) is 65.8 Å². The SMILES string of the molecule is CC(C)n1c2ccc(/C(CCCO)=N/OC(=O)N3CCOCC3)cc2c2cc(/C(CCCO)=N/OC(=O)N3CCOCC3)ccc21. The van der Waals surface area contributed by atoms with E-state index in [1.165, 1.54) is 0 Å². The Bertz CT molecular complexity index is 1460. The number of rotatable bonds is 11. The zero-order chi connectivity index (χ0) is 32.5. The van der Waals surface area contributed by atoms with E-state index in [9.17, 15) is 19.8 Å². The number of fused-ring (bicyclic) bond motifs is 3. The Kier molecular flexibility index (Phi) is 11.6. The number of amides is 2. The van der Waals surface area contributed by atoms with E-state index in [0.29, 0.717) is 89.7 Å². The van der Waals surface area contributed by atoms with Gasteiger partial charge in [-0.15, -0.1) is 0 Å². The summed E-state index contributed by atoms with van der Waals surface area (Å²) in [6.45, 7) is 7.79. The lowest BCUT2D eigenvalue weighted by Gasteiger charge is -2.24. The third-order valence-corrected chi connectivity index (χ3v) is 8.14. The maximum atomic E-state index is 12.7. The Hall–Kier alpha value is -4.04. The van der Waals surface area contributed by atoms with Gasteiger partial charge in [-0.25, -0.2) is 9.59 Å². The van der Waals surface area contributed by atoms with Crippen molar-refractivity contribution in [2.24, 2.45) is 10.3 Å². The molecule has 0 aliphatic carbocycles. The second kappa shape index (κ2) is 16.0. The maximum absolute atomic E-state index is 12.7. The molecule has 13 heteroatoms. The average Bonchev–Trinajstić information content (AvgIpc) is 3.42. The zero-order valence-electron chi connectivity index (χ0n) is 26.5. The van der Waals surface area contributed by atoms with Crippen molar-refractivity contribution >= 4 is 45.4 Å². The van der Waals surface area contributed by atoms with Crippen molar-refractivity contribution in [3.63, 3.8) is 0 Å². The Morgan fingerprint density at radius 2 is 1.15 bits per heavy atom. The van der Waals surface area contributed by atoms with Gasteiger partial charge in [0.15, 0.2) is 0 Å². The van der Waals surface area contributed by atoms with E-state index >= 15 is 0 Å². The summed E-state index contributed by atoms with van der Waals surface area (Å²) >= 11 is 0. The highest BCUT2D eigenvalue weighted by Crippen LogP contribution is 2.34. The van der Waals surface area contributed by atoms with Crippen LogP contribution in [0.25, 0.3) is 21.8 Å². The number of benzene rings is 2. The van der Waals surface area contributed by atoms with Gasteiger partial charge in [0.1, 0.15) is 0 Å². The fourth-order valence-electron chi connectivity index (χ4n) is 5.74. The molecule has 3 aromatic rings. The Balaban J connectivity index is 1.52. The largest absolute Gasteiger partial charge is 0.436 e. The van der Waals surface area contributed by atoms with Gasteiger partial charge in [0.05, 0.1) is 37.9 Å². The van der Waals surface area contributed by atoms with Gasteiger partial charge in [-0.3, -0.25) is 9.68 Å². The van der Waals surface area contributed by atoms with Gasteiger partial charge in [0, 0.05) is 78.4 Å². The lowest BCUT2D eigenvalue weighted by atomic mass is 10.0. The molecule has 3 heterocycles. The summed E-state index contributed by atoms with van der Waals surface area (Å²) in [5.41, 5.74) is 4.70. The predicted molar refractivity (Wildman–Crippen MR) is 173 cm³/mol. The molecule has 46 heavy (non-hydrogen) atoms. The minimum absolute atomic E-state index is 0.0270. The van der Waals surface area contributed by atoms with Gasteiger partial charge in [0.25, 0.3) is 0 Å². The van der Waals surface area contributed by atoms with Crippen LogP contribution in [0.15, 0.2) is 46.7 Å². The van der Waals surface area contributed by atoms with Gasteiger partial charge in [0.2, 0.25) is 0 Å². The fraction of sp³-hybridized carbons (Fsp3) is 0.515. The lowest BCUT2D eigenvalue weighted by Crippen LogP contribution is -2.40. The summed E-state index contributed by atoms with van der Waals surface area (Å²) < 4.78 is 12.9. The second-order valence-corrected chi connectivity index (χ2v) is 11.6. The molecule has 0 saturated carbocycles. The highest BCUT2D eigenvalue weighted by Gasteiger charge is 2.22. The number of hydrogen-bond donors (Lipinski definition) is 2. The maximum Gasteiger partial charge on any atom is 0.436 e. The van der Waals surface area contributed by atoms with Crippen molar-refractivity contribution in [1.29, 1.82) is 0 Å². The molecule has 5 rings (SSSR count). The zero-order valence-corrected chi connectivity index (χ0v) is 26.5. The lowest BCUT2D eigenvalue weighted by molar-refractivity contribution is 0.0278. The van der Waals surface area contributed by atoms with E-state index in [1.54, 1.807) is 9.80 Å². The van der Waals surface area contributed by atoms with Crippen molar-refractivity contribution in [3.8, 4) is 0 Å². The number of carbonyl (C=O) groups excluding carboxylic acids is 2. The van der Waals surface area contributed by atoms with Crippen LogP contribution in [0.5, 0.6) is 0 Å². The van der Waals surface area contributed by atoms with E-state index in [-0.39, 0.29) is 19.3 Å². The van der Waals surface area contributed by atoms with Crippen LogP contribution < -0.4 is 0 Å². The Labute approximate surface area is 267 Å². The molecular weight excluding hydrogens is 594 g/mol. The topological polar surface area (TPSA) is 148 Å². The van der Waals surface area contributed by atoms with Crippen LogP contribution in [0.1, 0.15) is 56.7 Å². The van der Waals surface area contributed by atoms with E-state index in [0.717, 1.165) is 32.9 Å². The Morgan fingerprint density at radius 1 is 0.739 bits per heavy atom. The molecule has 0 radical (unpaired) electrons. The minimum atomic E-state index is -0.532. The van der Waals surface area contributed by atoms with Crippen LogP contribution in [0.2, 0.25) is 0 Å². The standard InChI is InChI=1S/C33H43N5O8/c1-23(2)38-30-9-7-24(28(5-3-15-39)34-45-32(41)36-11-17-43-18-12-36)21-26(30)27-22-25(8-10-31(27)38)29(6-4-16-40)35-46-33(42)37-13-19-44-20-14-37/h7-10,21-23,39-40H,3-6,11-20H2,1-2H3/b34-28+,35-29+. The summed E-state index contributed by atoms with van der Waals surface area (Å²) in [5.74, 6) is 0. The highest BCUT2D eigenvalue weighted by atomic mass is 16.7. The first-order valence-electron chi connectivity index (χ1n) is 15.9. The van der Waals surface area contributed by atoms with Crippen molar-refractivity contribution in [2.45, 2.75) is 45.6 Å². The average molecular weight is 638 g/mol. The van der Waals surface area contributed by atoms with E-state index in [1.807, 2.05) is 36.4 Å². The van der Waals surface area contributed by atoms with E-state index in [4.69, 9.17) is 19.1 Å². The van der Waals surface area contributed by atoms with Gasteiger partial charge in [-0.1, -0.05) is 22.4 Å². The van der Waals surface area contributed by atoms with Gasteiger partial charge >= 0.3 is 12.2 Å². The minimum Gasteiger partial charge on any atom is -0.396 e. The molecule has 248 valence electrons. The normalized spacial score (nSPS) is 16.5. The fourth-order valence-corrected chi connectivity index (χ4v) is 5.74. The van der Waals surface area contributed by atoms with Gasteiger partial charge in [-0.2, -0.15) is 0 Å². The molecule has 2 aliphatic heterocycles. The van der Waals surface area contributed by atoms with E-state index in [2.05, 4.69) is 28.7 Å². The Morgan fingerprint density at radius 3 is 1.52 bits per heavy atom. The number of aliphatic hydroxyl groups is 2. The first-order chi connectivity index (χ1) is 22.4. The summed E-state index contributed by atoms with van der Waals surface area (Å²) in [4.78, 5) is 39.2. The first kappa shape index (κ1) is 33.3. The summed E-state index contributed by atoms with van der Waals surface area (Å²) in [6, 6.07) is 12.2. The number of oxime groups is 2. The summed E-state index contributed by atoms with van der Waals surface area (Å²) in [7, 11) is 0. The monoisotopic (exact) mass is 637 g/mol. The number of nitrogens with zero attached hydrogens (tertiary/aromatic N) is 5. The van der Waals surface area contributed by atoms with Crippen LogP contribution in [0, 0.1) is 0 Å². The number of aliphatic hydroxyl groups excluding tert-OH is 2. The molecule has 2 fully saturated rings. The number of morpholine rings is 2. The molecule has 0 atom stereocenters. The van der Waals surface area contributed by atoms with Crippen molar-refractivity contribution < 1.29 is 39.0 Å². The van der Waals surface area contributed by atoms with Crippen molar-refractivity contribution in [1.82, 2.24) is 14.4 Å². The predicted octanol–water partition coefficient (Wildman–Crippen LogP) is 4.27. The van der Waals surface area contributed by atoms with Crippen LogP contribution >= 0.6 is 0 Å². The molecule has 0 unspecified atom stereocenters. The van der Waals surface area contributed by atoms with Crippen LogP contribution in [0.3, 0.4) is 0 Å². The third-order valence-electron chi connectivity index (χ3n) is 8.14. The molecule has 2 aliphatic rings. The van der Waals surface area contributed by atoms with E-state index < -0.39 is 12.2 Å². The molecule has 2 N–H and O–H groups in total. The van der Waals surface area contributed by atoms with Crippen LogP contribution in [0.4, 0.5) is 9.59 Å². The van der Waals surface area contributed by atoms with Gasteiger partial charge < -0.3 is 34.1 Å². The molecule has 0 spiro atoms. The number of ether oxygens (including phenoxy) is 2. The van der Waals surface area contributed by atoms with Gasteiger partial charge in [-0.05, 0) is 63.8 Å². The smallest absolute Gasteiger partial charge is 0.396 e. The summed E-state index contributed by atoms with van der Waals surface area (Å²) in [6.07, 6.45) is 0.680. The third kappa shape index (κ3) is 7.84. The molecule has 2 saturated heterocycles. The molecule has 13 nitrogen and oxygen atoms in total. The number of aromatic nitrogens is 1. The summed E-state index contributed by atoms with van der Waals surface area (Å²) in [5, 5.41) is 29.6. The van der Waals surface area contributed by atoms with Crippen LogP contribution in [-0.2, 0) is 19.1 Å². The first-order valence-corrected chi connectivity index (χ1v) is 15.9.